The summed E-state index contributed by atoms with van der Waals surface area (Å²) in [6.45, 7) is 4.75. The number of hydrogen-bond donors (Lipinski definition) is 1. The average molecular weight is 389 g/mol. The molecule has 2 aromatic heterocycles. The summed E-state index contributed by atoms with van der Waals surface area (Å²) in [7, 11) is 1.57. The number of ether oxygens (including phenoxy) is 2. The summed E-state index contributed by atoms with van der Waals surface area (Å²) in [5, 5.41) is 3.21. The minimum absolute atomic E-state index is 0.355. The molecule has 0 aliphatic carbocycles. The minimum Gasteiger partial charge on any atom is -0.504 e. The number of aromatic nitrogens is 2. The van der Waals surface area contributed by atoms with Crippen LogP contribution in [0.15, 0.2) is 58.9 Å². The zero-order valence-corrected chi connectivity index (χ0v) is 16.4. The standard InChI is InChI=1S/C19H23N3O4S/c1-4-26-14(2)13-15(7-6-12-25-3)9-11-21-19(24)22-18(23)16-8-5-10-20-17(16)27-22/h5-8,10,12-13H,4,9,11H2,1-3H3,(H,21,24)/b12-6+,14-13+,15-7-. The molecular weight excluding hydrogens is 366 g/mol. The van der Waals surface area contributed by atoms with Gasteiger partial charge in [0, 0.05) is 12.7 Å². The molecule has 0 aromatic carbocycles. The lowest BCUT2D eigenvalue weighted by molar-refractivity contribution is 0.231. The van der Waals surface area contributed by atoms with Gasteiger partial charge in [0.25, 0.3) is 5.56 Å². The number of rotatable bonds is 8. The van der Waals surface area contributed by atoms with Crippen LogP contribution in [-0.2, 0) is 9.47 Å². The maximum atomic E-state index is 12.3. The fraction of sp³-hybridized carbons (Fsp3) is 0.316. The number of fused-ring (bicyclic) bond motifs is 1. The smallest absolute Gasteiger partial charge is 0.338 e. The summed E-state index contributed by atoms with van der Waals surface area (Å²) in [5.74, 6) is 0.785. The molecule has 1 N–H and O–H groups in total. The average Bonchev–Trinajstić information content (AvgIpc) is 2.99. The predicted molar refractivity (Wildman–Crippen MR) is 107 cm³/mol. The van der Waals surface area contributed by atoms with E-state index in [0.717, 1.165) is 26.8 Å². The number of nitrogens with zero attached hydrogens (tertiary/aromatic N) is 2. The van der Waals surface area contributed by atoms with Crippen molar-refractivity contribution in [3.63, 3.8) is 0 Å². The third-order valence-electron chi connectivity index (χ3n) is 3.52. The number of carbonyl (C=O) groups is 1. The molecule has 0 aliphatic heterocycles. The van der Waals surface area contributed by atoms with Crippen LogP contribution in [0.3, 0.4) is 0 Å². The Bertz CT molecular complexity index is 924. The third kappa shape index (κ3) is 5.82. The molecule has 0 saturated heterocycles. The van der Waals surface area contributed by atoms with E-state index in [1.54, 1.807) is 37.8 Å². The van der Waals surface area contributed by atoms with E-state index in [-0.39, 0.29) is 5.56 Å². The molecule has 2 aromatic rings. The zero-order valence-electron chi connectivity index (χ0n) is 15.6. The Kier molecular flexibility index (Phi) is 7.81. The molecule has 0 unspecified atom stereocenters. The van der Waals surface area contributed by atoms with Crippen LogP contribution in [0.4, 0.5) is 4.79 Å². The first-order valence-corrected chi connectivity index (χ1v) is 9.29. The molecule has 0 spiro atoms. The van der Waals surface area contributed by atoms with Gasteiger partial charge in [-0.3, -0.25) is 4.79 Å². The second-order valence-corrected chi connectivity index (χ2v) is 6.46. The molecule has 144 valence electrons. The fourth-order valence-corrected chi connectivity index (χ4v) is 3.22. The van der Waals surface area contributed by atoms with Gasteiger partial charge in [0.1, 0.15) is 4.83 Å². The zero-order chi connectivity index (χ0) is 19.6. The highest BCUT2D eigenvalue weighted by atomic mass is 32.1. The van der Waals surface area contributed by atoms with E-state index >= 15 is 0 Å². The van der Waals surface area contributed by atoms with Crippen molar-refractivity contribution in [2.24, 2.45) is 0 Å². The number of hydrogen-bond acceptors (Lipinski definition) is 6. The summed E-state index contributed by atoms with van der Waals surface area (Å²) in [6.07, 6.45) is 9.29. The van der Waals surface area contributed by atoms with E-state index in [1.165, 1.54) is 0 Å². The number of carbonyl (C=O) groups excluding carboxylic acids is 1. The van der Waals surface area contributed by atoms with Gasteiger partial charge >= 0.3 is 6.03 Å². The van der Waals surface area contributed by atoms with Crippen LogP contribution in [0.25, 0.3) is 10.2 Å². The summed E-state index contributed by atoms with van der Waals surface area (Å²) in [6, 6.07) is 2.88. The van der Waals surface area contributed by atoms with Gasteiger partial charge in [0.15, 0.2) is 0 Å². The molecule has 0 fully saturated rings. The van der Waals surface area contributed by atoms with E-state index in [2.05, 4.69) is 10.3 Å². The van der Waals surface area contributed by atoms with Crippen molar-refractivity contribution in [2.45, 2.75) is 20.3 Å². The van der Waals surface area contributed by atoms with Crippen LogP contribution in [-0.4, -0.2) is 35.2 Å². The second kappa shape index (κ2) is 10.3. The Morgan fingerprint density at radius 3 is 2.96 bits per heavy atom. The number of pyridine rings is 1. The van der Waals surface area contributed by atoms with Gasteiger partial charge in [-0.15, -0.1) is 0 Å². The predicted octanol–water partition coefficient (Wildman–Crippen LogP) is 3.43. The normalized spacial score (nSPS) is 12.6. The molecular formula is C19H23N3O4S. The molecule has 1 amide bonds. The molecule has 27 heavy (non-hydrogen) atoms. The van der Waals surface area contributed by atoms with Gasteiger partial charge in [0.2, 0.25) is 0 Å². The van der Waals surface area contributed by atoms with Crippen molar-refractivity contribution < 1.29 is 14.3 Å². The molecule has 2 heterocycles. The Morgan fingerprint density at radius 2 is 2.26 bits per heavy atom. The van der Waals surface area contributed by atoms with E-state index in [4.69, 9.17) is 9.47 Å². The van der Waals surface area contributed by atoms with Crippen LogP contribution in [0.2, 0.25) is 0 Å². The first kappa shape index (κ1) is 20.4. The molecule has 0 atom stereocenters. The first-order chi connectivity index (χ1) is 13.1. The highest BCUT2D eigenvalue weighted by Gasteiger charge is 2.13. The Hall–Kier alpha value is -2.87. The van der Waals surface area contributed by atoms with Gasteiger partial charge < -0.3 is 14.8 Å². The highest BCUT2D eigenvalue weighted by molar-refractivity contribution is 7.14. The Morgan fingerprint density at radius 1 is 1.44 bits per heavy atom. The molecule has 0 aliphatic rings. The number of allylic oxidation sites excluding steroid dienone is 4. The maximum absolute atomic E-state index is 12.3. The van der Waals surface area contributed by atoms with Gasteiger partial charge in [-0.05, 0) is 61.7 Å². The first-order valence-electron chi connectivity index (χ1n) is 8.51. The largest absolute Gasteiger partial charge is 0.504 e. The van der Waals surface area contributed by atoms with E-state index in [9.17, 15) is 9.59 Å². The summed E-state index contributed by atoms with van der Waals surface area (Å²) in [5.41, 5.74) is 0.603. The molecule has 0 radical (unpaired) electrons. The Balaban J connectivity index is 2.04. The van der Waals surface area contributed by atoms with Crippen LogP contribution in [0, 0.1) is 0 Å². The number of methoxy groups -OCH3 is 1. The topological polar surface area (TPSA) is 82.4 Å². The lowest BCUT2D eigenvalue weighted by Crippen LogP contribution is -2.33. The third-order valence-corrected chi connectivity index (χ3v) is 4.54. The lowest BCUT2D eigenvalue weighted by Gasteiger charge is -2.07. The van der Waals surface area contributed by atoms with Crippen molar-refractivity contribution in [2.75, 3.05) is 20.3 Å². The monoisotopic (exact) mass is 389 g/mol. The van der Waals surface area contributed by atoms with Gasteiger partial charge in [-0.25, -0.2) is 9.78 Å². The molecule has 7 nitrogen and oxygen atoms in total. The van der Waals surface area contributed by atoms with Gasteiger partial charge in [0.05, 0.1) is 31.1 Å². The van der Waals surface area contributed by atoms with Gasteiger partial charge in [-0.2, -0.15) is 3.96 Å². The van der Waals surface area contributed by atoms with Gasteiger partial charge in [-0.1, -0.05) is 6.08 Å². The number of amides is 1. The van der Waals surface area contributed by atoms with E-state index in [0.29, 0.717) is 29.8 Å². The summed E-state index contributed by atoms with van der Waals surface area (Å²) in [4.78, 5) is 29.3. The quantitative estimate of drug-likeness (QED) is 0.552. The van der Waals surface area contributed by atoms with Crippen molar-refractivity contribution in [1.29, 1.82) is 0 Å². The van der Waals surface area contributed by atoms with Crippen LogP contribution >= 0.6 is 11.5 Å². The van der Waals surface area contributed by atoms with E-state index < -0.39 is 6.03 Å². The fourth-order valence-electron chi connectivity index (χ4n) is 2.36. The van der Waals surface area contributed by atoms with Crippen molar-refractivity contribution >= 4 is 27.8 Å². The van der Waals surface area contributed by atoms with Crippen molar-refractivity contribution in [3.05, 3.63) is 64.5 Å². The molecule has 8 heteroatoms. The molecule has 0 saturated carbocycles. The summed E-state index contributed by atoms with van der Waals surface area (Å²) < 4.78 is 11.4. The van der Waals surface area contributed by atoms with Crippen molar-refractivity contribution in [1.82, 2.24) is 14.3 Å². The lowest BCUT2D eigenvalue weighted by atomic mass is 10.1. The molecule has 0 bridgehead atoms. The highest BCUT2D eigenvalue weighted by Crippen LogP contribution is 2.13. The molecule has 2 rings (SSSR count). The van der Waals surface area contributed by atoms with Crippen molar-refractivity contribution in [3.8, 4) is 0 Å². The summed E-state index contributed by atoms with van der Waals surface area (Å²) >= 11 is 1.03. The van der Waals surface area contributed by atoms with Crippen LogP contribution < -0.4 is 10.9 Å². The number of nitrogens with one attached hydrogen (secondary N) is 1. The maximum Gasteiger partial charge on any atom is 0.338 e. The van der Waals surface area contributed by atoms with E-state index in [1.807, 2.05) is 26.0 Å². The SMILES string of the molecule is CCO/C(C)=C/C(=C\C=C\OC)CCNC(=O)n1sc2ncccc2c1=O. The minimum atomic E-state index is -0.458. The van der Waals surface area contributed by atoms with Crippen LogP contribution in [0.5, 0.6) is 0 Å². The second-order valence-electron chi connectivity index (χ2n) is 5.52. The Labute approximate surface area is 161 Å². The van der Waals surface area contributed by atoms with Crippen LogP contribution in [0.1, 0.15) is 20.3 Å².